The van der Waals surface area contributed by atoms with Gasteiger partial charge in [-0.1, -0.05) is 5.21 Å². The van der Waals surface area contributed by atoms with Crippen LogP contribution in [0, 0.1) is 6.92 Å². The van der Waals surface area contributed by atoms with Crippen LogP contribution in [0.4, 0.5) is 11.4 Å². The van der Waals surface area contributed by atoms with E-state index in [2.05, 4.69) is 30.9 Å². The number of tetrazole rings is 1. The van der Waals surface area contributed by atoms with Crippen molar-refractivity contribution in [1.29, 1.82) is 0 Å². The number of hydrogen-bond acceptors (Lipinski definition) is 6. The molecular formula is C12H13N7. The van der Waals surface area contributed by atoms with Crippen LogP contribution in [0.1, 0.15) is 11.5 Å². The highest BCUT2D eigenvalue weighted by Gasteiger charge is 2.05. The van der Waals surface area contributed by atoms with Crippen molar-refractivity contribution in [2.75, 3.05) is 11.1 Å². The van der Waals surface area contributed by atoms with Gasteiger partial charge in [0.1, 0.15) is 0 Å². The minimum absolute atomic E-state index is 0.490. The van der Waals surface area contributed by atoms with E-state index in [0.717, 1.165) is 22.3 Å². The van der Waals surface area contributed by atoms with E-state index >= 15 is 0 Å². The molecule has 3 rings (SSSR count). The molecule has 4 N–H and O–H groups in total. The van der Waals surface area contributed by atoms with Crippen molar-refractivity contribution in [3.05, 3.63) is 35.8 Å². The van der Waals surface area contributed by atoms with Crippen LogP contribution in [0.25, 0.3) is 10.9 Å². The number of benzene rings is 1. The second-order valence-corrected chi connectivity index (χ2v) is 4.27. The van der Waals surface area contributed by atoms with Crippen molar-refractivity contribution in [2.24, 2.45) is 0 Å². The van der Waals surface area contributed by atoms with Crippen molar-refractivity contribution >= 4 is 22.3 Å². The first kappa shape index (κ1) is 11.4. The maximum atomic E-state index is 5.83. The van der Waals surface area contributed by atoms with Crippen LogP contribution in [0.5, 0.6) is 0 Å². The van der Waals surface area contributed by atoms with E-state index in [1.54, 1.807) is 0 Å². The fourth-order valence-electron chi connectivity index (χ4n) is 1.95. The summed E-state index contributed by atoms with van der Waals surface area (Å²) in [4.78, 5) is 4.48. The monoisotopic (exact) mass is 255 g/mol. The number of nitrogens with one attached hydrogen (secondary N) is 2. The standard InChI is InChI=1S/C12H13N7/c1-7-4-11(14-6-12-16-18-19-17-12)9-5-8(13)2-3-10(9)15-7/h2-5H,6,13H2,1H3,(H,14,15)(H,16,17,18,19). The predicted molar refractivity (Wildman–Crippen MR) is 72.4 cm³/mol. The molecular weight excluding hydrogens is 242 g/mol. The highest BCUT2D eigenvalue weighted by atomic mass is 15.5. The zero-order valence-electron chi connectivity index (χ0n) is 10.4. The number of aromatic amines is 1. The molecule has 96 valence electrons. The van der Waals surface area contributed by atoms with Gasteiger partial charge in [-0.15, -0.1) is 10.2 Å². The molecule has 19 heavy (non-hydrogen) atoms. The summed E-state index contributed by atoms with van der Waals surface area (Å²) in [5.41, 5.74) is 9.34. The second-order valence-electron chi connectivity index (χ2n) is 4.27. The zero-order valence-corrected chi connectivity index (χ0v) is 10.4. The van der Waals surface area contributed by atoms with E-state index in [9.17, 15) is 0 Å². The number of nitrogens with zero attached hydrogens (tertiary/aromatic N) is 4. The molecule has 0 aliphatic rings. The van der Waals surface area contributed by atoms with Gasteiger partial charge in [0.2, 0.25) is 0 Å². The lowest BCUT2D eigenvalue weighted by atomic mass is 10.1. The summed E-state index contributed by atoms with van der Waals surface area (Å²) in [6.07, 6.45) is 0. The van der Waals surface area contributed by atoms with Gasteiger partial charge in [0, 0.05) is 22.5 Å². The third-order valence-electron chi connectivity index (χ3n) is 2.79. The van der Waals surface area contributed by atoms with Gasteiger partial charge in [0.25, 0.3) is 0 Å². The minimum atomic E-state index is 0.490. The van der Waals surface area contributed by atoms with Gasteiger partial charge in [0.15, 0.2) is 5.82 Å². The lowest BCUT2D eigenvalue weighted by Gasteiger charge is -2.09. The van der Waals surface area contributed by atoms with Gasteiger partial charge in [-0.3, -0.25) is 4.98 Å². The Morgan fingerprint density at radius 2 is 2.21 bits per heavy atom. The summed E-state index contributed by atoms with van der Waals surface area (Å²) in [7, 11) is 0. The average molecular weight is 255 g/mol. The summed E-state index contributed by atoms with van der Waals surface area (Å²) in [5.74, 6) is 0.603. The van der Waals surface area contributed by atoms with E-state index in [1.807, 2.05) is 31.2 Å². The molecule has 2 aromatic heterocycles. The van der Waals surface area contributed by atoms with Crippen molar-refractivity contribution in [3.8, 4) is 0 Å². The van der Waals surface area contributed by atoms with Gasteiger partial charge in [-0.05, 0) is 31.2 Å². The Hall–Kier alpha value is -2.70. The maximum absolute atomic E-state index is 5.83. The van der Waals surface area contributed by atoms with Gasteiger partial charge in [0.05, 0.1) is 12.1 Å². The zero-order chi connectivity index (χ0) is 13.2. The number of H-pyrrole nitrogens is 1. The number of nitrogens with two attached hydrogens (primary N) is 1. The van der Waals surface area contributed by atoms with E-state index < -0.39 is 0 Å². The highest BCUT2D eigenvalue weighted by Crippen LogP contribution is 2.25. The Balaban J connectivity index is 1.99. The first-order chi connectivity index (χ1) is 9.22. The van der Waals surface area contributed by atoms with Crippen LogP contribution in [0.2, 0.25) is 0 Å². The van der Waals surface area contributed by atoms with Gasteiger partial charge < -0.3 is 11.1 Å². The number of rotatable bonds is 3. The molecule has 0 aliphatic carbocycles. The predicted octanol–water partition coefficient (Wildman–Crippen LogP) is 1.25. The third kappa shape index (κ3) is 2.30. The van der Waals surface area contributed by atoms with Gasteiger partial charge in [-0.25, -0.2) is 0 Å². The average Bonchev–Trinajstić information content (AvgIpc) is 2.89. The van der Waals surface area contributed by atoms with E-state index in [1.165, 1.54) is 0 Å². The first-order valence-electron chi connectivity index (χ1n) is 5.85. The fourth-order valence-corrected chi connectivity index (χ4v) is 1.95. The summed E-state index contributed by atoms with van der Waals surface area (Å²) in [6.45, 7) is 2.44. The normalized spacial score (nSPS) is 10.8. The molecule has 1 aromatic carbocycles. The Morgan fingerprint density at radius 3 is 3.00 bits per heavy atom. The molecule has 2 heterocycles. The van der Waals surface area contributed by atoms with Crippen molar-refractivity contribution in [2.45, 2.75) is 13.5 Å². The molecule has 0 saturated carbocycles. The number of hydrogen-bond donors (Lipinski definition) is 3. The molecule has 0 fully saturated rings. The topological polar surface area (TPSA) is 105 Å². The van der Waals surface area contributed by atoms with E-state index in [0.29, 0.717) is 18.1 Å². The number of anilines is 2. The number of pyridine rings is 1. The number of fused-ring (bicyclic) bond motifs is 1. The van der Waals surface area contributed by atoms with Crippen LogP contribution in [-0.2, 0) is 6.54 Å². The first-order valence-corrected chi connectivity index (χ1v) is 5.85. The molecule has 7 nitrogen and oxygen atoms in total. The van der Waals surface area contributed by atoms with Crippen molar-refractivity contribution in [1.82, 2.24) is 25.6 Å². The van der Waals surface area contributed by atoms with Crippen LogP contribution in [0.15, 0.2) is 24.3 Å². The van der Waals surface area contributed by atoms with E-state index in [-0.39, 0.29) is 0 Å². The van der Waals surface area contributed by atoms with Crippen LogP contribution in [-0.4, -0.2) is 25.6 Å². The molecule has 0 bridgehead atoms. The fraction of sp³-hybridized carbons (Fsp3) is 0.167. The van der Waals surface area contributed by atoms with Crippen LogP contribution in [0.3, 0.4) is 0 Å². The second kappa shape index (κ2) is 4.52. The highest BCUT2D eigenvalue weighted by molar-refractivity contribution is 5.93. The largest absolute Gasteiger partial charge is 0.399 e. The quantitative estimate of drug-likeness (QED) is 0.608. The van der Waals surface area contributed by atoms with Gasteiger partial charge >= 0.3 is 0 Å². The van der Waals surface area contributed by atoms with Crippen LogP contribution >= 0.6 is 0 Å². The summed E-state index contributed by atoms with van der Waals surface area (Å²) in [6, 6.07) is 7.64. The van der Waals surface area contributed by atoms with Gasteiger partial charge in [-0.2, -0.15) is 5.21 Å². The lowest BCUT2D eigenvalue weighted by Crippen LogP contribution is -2.03. The van der Waals surface area contributed by atoms with Crippen LogP contribution < -0.4 is 11.1 Å². The summed E-state index contributed by atoms with van der Waals surface area (Å²) >= 11 is 0. The van der Waals surface area contributed by atoms with Crippen molar-refractivity contribution in [3.63, 3.8) is 0 Å². The molecule has 0 radical (unpaired) electrons. The van der Waals surface area contributed by atoms with E-state index in [4.69, 9.17) is 5.73 Å². The summed E-state index contributed by atoms with van der Waals surface area (Å²) < 4.78 is 0. The Bertz CT molecular complexity index is 705. The third-order valence-corrected chi connectivity index (χ3v) is 2.79. The number of aryl methyl sites for hydroxylation is 1. The smallest absolute Gasteiger partial charge is 0.193 e. The van der Waals surface area contributed by atoms with Crippen molar-refractivity contribution < 1.29 is 0 Å². The number of nitrogen functional groups attached to an aromatic ring is 1. The number of aromatic nitrogens is 5. The molecule has 3 aromatic rings. The molecule has 7 heteroatoms. The lowest BCUT2D eigenvalue weighted by molar-refractivity contribution is 0.881. The Morgan fingerprint density at radius 1 is 1.32 bits per heavy atom. The molecule has 0 saturated heterocycles. The maximum Gasteiger partial charge on any atom is 0.193 e. The Kier molecular flexibility index (Phi) is 2.71. The molecule has 0 spiro atoms. The minimum Gasteiger partial charge on any atom is -0.399 e. The molecule has 0 atom stereocenters. The summed E-state index contributed by atoms with van der Waals surface area (Å²) in [5, 5.41) is 18.0. The molecule has 0 aliphatic heterocycles. The molecule has 0 unspecified atom stereocenters. The SMILES string of the molecule is Cc1cc(NCc2nn[nH]n2)c2cc(N)ccc2n1. The Labute approximate surface area is 109 Å². The molecule has 0 amide bonds.